The molecule has 210 valence electrons. The van der Waals surface area contributed by atoms with Crippen LogP contribution in [0, 0.1) is 17.0 Å². The molecule has 1 aliphatic heterocycles. The average molecular weight is 585 g/mol. The fourth-order valence-electron chi connectivity index (χ4n) is 4.62. The number of fused-ring (bicyclic) bond motifs is 1. The van der Waals surface area contributed by atoms with Crippen LogP contribution in [0.15, 0.2) is 84.9 Å². The number of nitro groups is 1. The topological polar surface area (TPSA) is 133 Å². The first-order chi connectivity index (χ1) is 20.1. The van der Waals surface area contributed by atoms with Gasteiger partial charge in [-0.3, -0.25) is 24.5 Å². The molecule has 0 radical (unpaired) electrons. The molecule has 0 aliphatic carbocycles. The molecule has 1 heterocycles. The third-order valence-electron chi connectivity index (χ3n) is 6.72. The predicted octanol–water partition coefficient (Wildman–Crippen LogP) is 6.15. The molecule has 0 fully saturated rings. The Kier molecular flexibility index (Phi) is 7.56. The van der Waals surface area contributed by atoms with Crippen LogP contribution in [-0.4, -0.2) is 35.6 Å². The number of aryl methyl sites for hydroxylation is 1. The standard InChI is InChI=1S/C31H21ClN2O8/c1-17-11-13-18(14-12-17)27(35)28(19-7-4-3-5-8-19)42-31(38)21-15-22(32)24(16-25(21)41-2)33-29(36)20-9-6-10-23(34(39)40)26(20)30(33)37/h3-16,28H,1-2H3/t28-/m0/s1. The normalized spacial score (nSPS) is 13.0. The maximum atomic E-state index is 13.5. The average Bonchev–Trinajstić information content (AvgIpc) is 3.25. The third kappa shape index (κ3) is 4.99. The highest BCUT2D eigenvalue weighted by atomic mass is 35.5. The van der Waals surface area contributed by atoms with Gasteiger partial charge in [-0.1, -0.05) is 77.8 Å². The smallest absolute Gasteiger partial charge is 0.343 e. The van der Waals surface area contributed by atoms with Gasteiger partial charge >= 0.3 is 5.97 Å². The molecule has 1 atom stereocenters. The van der Waals surface area contributed by atoms with Gasteiger partial charge in [-0.05, 0) is 19.1 Å². The molecule has 1 aliphatic rings. The minimum absolute atomic E-state index is 0.111. The molecule has 2 amide bonds. The fourth-order valence-corrected chi connectivity index (χ4v) is 4.87. The van der Waals surface area contributed by atoms with E-state index in [9.17, 15) is 29.3 Å². The summed E-state index contributed by atoms with van der Waals surface area (Å²) in [5.41, 5.74) is 0.341. The number of ether oxygens (including phenoxy) is 2. The van der Waals surface area contributed by atoms with Gasteiger partial charge in [0, 0.05) is 23.3 Å². The summed E-state index contributed by atoms with van der Waals surface area (Å²) in [7, 11) is 1.25. The van der Waals surface area contributed by atoms with Crippen molar-refractivity contribution >= 4 is 46.5 Å². The van der Waals surface area contributed by atoms with E-state index in [0.29, 0.717) is 16.0 Å². The summed E-state index contributed by atoms with van der Waals surface area (Å²) < 4.78 is 11.1. The van der Waals surface area contributed by atoms with E-state index in [-0.39, 0.29) is 33.1 Å². The minimum Gasteiger partial charge on any atom is -0.496 e. The lowest BCUT2D eigenvalue weighted by atomic mass is 9.99. The highest BCUT2D eigenvalue weighted by Crippen LogP contribution is 2.40. The lowest BCUT2D eigenvalue weighted by Crippen LogP contribution is -2.30. The van der Waals surface area contributed by atoms with Crippen molar-refractivity contribution in [2.75, 3.05) is 12.0 Å². The SMILES string of the molecule is COc1cc(N2C(=O)c3cccc([N+](=O)[O-])c3C2=O)c(Cl)cc1C(=O)O[C@H](C(=O)c1ccc(C)cc1)c1ccccc1. The second-order valence-corrected chi connectivity index (χ2v) is 9.74. The molecule has 0 saturated heterocycles. The first kappa shape index (κ1) is 28.2. The number of imide groups is 1. The van der Waals surface area contributed by atoms with Gasteiger partial charge in [0.15, 0.2) is 6.10 Å². The van der Waals surface area contributed by atoms with E-state index in [4.69, 9.17) is 21.1 Å². The molecule has 11 heteroatoms. The Labute approximate surface area is 244 Å². The Balaban J connectivity index is 1.50. The van der Waals surface area contributed by atoms with E-state index in [1.54, 1.807) is 54.6 Å². The summed E-state index contributed by atoms with van der Waals surface area (Å²) in [5, 5.41) is 11.3. The van der Waals surface area contributed by atoms with Crippen LogP contribution < -0.4 is 9.64 Å². The number of hydrogen-bond acceptors (Lipinski definition) is 8. The summed E-state index contributed by atoms with van der Waals surface area (Å²) >= 11 is 6.47. The molecule has 0 aromatic heterocycles. The monoisotopic (exact) mass is 584 g/mol. The second-order valence-electron chi connectivity index (χ2n) is 9.33. The number of rotatable bonds is 8. The van der Waals surface area contributed by atoms with Crippen LogP contribution in [0.2, 0.25) is 5.02 Å². The summed E-state index contributed by atoms with van der Waals surface area (Å²) in [6, 6.07) is 21.3. The number of nitro benzene ring substituents is 1. The zero-order valence-electron chi connectivity index (χ0n) is 22.2. The number of ketones is 1. The summed E-state index contributed by atoms with van der Waals surface area (Å²) in [6.07, 6.45) is -1.30. The summed E-state index contributed by atoms with van der Waals surface area (Å²) in [6.45, 7) is 1.88. The van der Waals surface area contributed by atoms with Crippen molar-refractivity contribution in [3.8, 4) is 5.75 Å². The van der Waals surface area contributed by atoms with Crippen molar-refractivity contribution in [2.24, 2.45) is 0 Å². The van der Waals surface area contributed by atoms with Crippen molar-refractivity contribution in [3.63, 3.8) is 0 Å². The first-order valence-electron chi connectivity index (χ1n) is 12.5. The molecule has 0 spiro atoms. The Morgan fingerprint density at radius 1 is 0.929 bits per heavy atom. The molecule has 5 rings (SSSR count). The van der Waals surface area contributed by atoms with Gasteiger partial charge in [0.05, 0.1) is 28.3 Å². The van der Waals surface area contributed by atoms with Gasteiger partial charge < -0.3 is 9.47 Å². The van der Waals surface area contributed by atoms with Gasteiger partial charge in [0.25, 0.3) is 17.5 Å². The quantitative estimate of drug-likeness (QED) is 0.0792. The van der Waals surface area contributed by atoms with Crippen molar-refractivity contribution in [1.29, 1.82) is 0 Å². The van der Waals surface area contributed by atoms with E-state index >= 15 is 0 Å². The number of carbonyl (C=O) groups excluding carboxylic acids is 4. The van der Waals surface area contributed by atoms with E-state index in [1.165, 1.54) is 25.3 Å². The van der Waals surface area contributed by atoms with Gasteiger partial charge in [-0.25, -0.2) is 9.69 Å². The van der Waals surface area contributed by atoms with Gasteiger partial charge in [-0.15, -0.1) is 0 Å². The summed E-state index contributed by atoms with van der Waals surface area (Å²) in [5.74, 6) is -3.29. The van der Waals surface area contributed by atoms with Gasteiger partial charge in [-0.2, -0.15) is 0 Å². The van der Waals surface area contributed by atoms with Crippen molar-refractivity contribution in [3.05, 3.63) is 133 Å². The molecule has 0 bridgehead atoms. The van der Waals surface area contributed by atoms with Crippen LogP contribution in [0.1, 0.15) is 58.7 Å². The van der Waals surface area contributed by atoms with Crippen LogP contribution in [0.25, 0.3) is 0 Å². The number of benzene rings is 4. The lowest BCUT2D eigenvalue weighted by Gasteiger charge is -2.20. The number of esters is 1. The predicted molar refractivity (Wildman–Crippen MR) is 152 cm³/mol. The first-order valence-corrected chi connectivity index (χ1v) is 12.9. The zero-order chi connectivity index (χ0) is 30.1. The fraction of sp³-hybridized carbons (Fsp3) is 0.0968. The highest BCUT2D eigenvalue weighted by Gasteiger charge is 2.43. The largest absolute Gasteiger partial charge is 0.496 e. The maximum Gasteiger partial charge on any atom is 0.343 e. The van der Waals surface area contributed by atoms with E-state index < -0.39 is 40.3 Å². The second kappa shape index (κ2) is 11.3. The lowest BCUT2D eigenvalue weighted by molar-refractivity contribution is -0.385. The molecule has 4 aromatic carbocycles. The van der Waals surface area contributed by atoms with Crippen molar-refractivity contribution < 1.29 is 33.6 Å². The number of anilines is 1. The minimum atomic E-state index is -1.30. The number of amides is 2. The molecule has 42 heavy (non-hydrogen) atoms. The van der Waals surface area contributed by atoms with E-state index in [2.05, 4.69) is 0 Å². The Morgan fingerprint density at radius 3 is 2.26 bits per heavy atom. The number of halogens is 1. The Morgan fingerprint density at radius 2 is 1.62 bits per heavy atom. The number of hydrogen-bond donors (Lipinski definition) is 0. The number of carbonyl (C=O) groups is 4. The number of nitrogens with zero attached hydrogens (tertiary/aromatic N) is 2. The van der Waals surface area contributed by atoms with Crippen LogP contribution in [0.4, 0.5) is 11.4 Å². The van der Waals surface area contributed by atoms with Crippen LogP contribution in [-0.2, 0) is 4.74 Å². The van der Waals surface area contributed by atoms with E-state index in [1.807, 2.05) is 6.92 Å². The van der Waals surface area contributed by atoms with Gasteiger partial charge in [0.1, 0.15) is 16.9 Å². The van der Waals surface area contributed by atoms with Crippen LogP contribution in [0.3, 0.4) is 0 Å². The molecule has 0 N–H and O–H groups in total. The Bertz CT molecular complexity index is 1770. The van der Waals surface area contributed by atoms with E-state index in [0.717, 1.165) is 17.7 Å². The molecular weight excluding hydrogens is 564 g/mol. The molecule has 10 nitrogen and oxygen atoms in total. The third-order valence-corrected chi connectivity index (χ3v) is 7.02. The van der Waals surface area contributed by atoms with Crippen molar-refractivity contribution in [1.82, 2.24) is 0 Å². The molecular formula is C31H21ClN2O8. The molecule has 0 unspecified atom stereocenters. The summed E-state index contributed by atoms with van der Waals surface area (Å²) in [4.78, 5) is 64.7. The number of Topliss-reactive ketones (excluding diaryl/α,β-unsaturated/α-hetero) is 1. The van der Waals surface area contributed by atoms with Crippen LogP contribution in [0.5, 0.6) is 5.75 Å². The Hall–Kier alpha value is -5.35. The molecule has 0 saturated carbocycles. The highest BCUT2D eigenvalue weighted by molar-refractivity contribution is 6.40. The molecule has 4 aromatic rings. The van der Waals surface area contributed by atoms with Crippen LogP contribution >= 0.6 is 11.6 Å². The maximum absolute atomic E-state index is 13.5. The zero-order valence-corrected chi connectivity index (χ0v) is 23.0. The number of methoxy groups -OCH3 is 1. The van der Waals surface area contributed by atoms with Crippen molar-refractivity contribution in [2.45, 2.75) is 13.0 Å². The van der Waals surface area contributed by atoms with Gasteiger partial charge in [0.2, 0.25) is 5.78 Å².